The summed E-state index contributed by atoms with van der Waals surface area (Å²) in [6, 6.07) is 0.676. The van der Waals surface area contributed by atoms with Crippen LogP contribution in [0.25, 0.3) is 0 Å². The monoisotopic (exact) mass is 415 g/mol. The molecule has 1 rings (SSSR count). The van der Waals surface area contributed by atoms with Crippen molar-refractivity contribution >= 4 is 18.8 Å². The van der Waals surface area contributed by atoms with Crippen LogP contribution in [0.4, 0.5) is 0 Å². The van der Waals surface area contributed by atoms with Crippen molar-refractivity contribution in [3.63, 3.8) is 0 Å². The van der Waals surface area contributed by atoms with Crippen molar-refractivity contribution in [2.24, 2.45) is 5.73 Å². The summed E-state index contributed by atoms with van der Waals surface area (Å²) in [6.45, 7) is 2.07. The van der Waals surface area contributed by atoms with Gasteiger partial charge in [0, 0.05) is 12.6 Å². The molecule has 1 aliphatic rings. The van der Waals surface area contributed by atoms with Crippen LogP contribution < -0.4 is 5.73 Å². The Balaban J connectivity index is -0.000000180. The molecule has 1 heterocycles. The van der Waals surface area contributed by atoms with Crippen molar-refractivity contribution in [3.8, 4) is 0 Å². The van der Waals surface area contributed by atoms with Gasteiger partial charge in [0.05, 0.1) is 0 Å². The molecule has 0 amide bonds. The van der Waals surface area contributed by atoms with Crippen molar-refractivity contribution in [1.82, 2.24) is 4.90 Å². The van der Waals surface area contributed by atoms with E-state index in [0.29, 0.717) is 6.04 Å². The summed E-state index contributed by atoms with van der Waals surface area (Å²) in [4.78, 5) is 2.33. The van der Waals surface area contributed by atoms with Crippen molar-refractivity contribution in [3.05, 3.63) is 0 Å². The van der Waals surface area contributed by atoms with Crippen LogP contribution in [0.1, 0.15) is 12.8 Å². The number of likely N-dealkylation sites (tertiary alicyclic amines) is 1. The van der Waals surface area contributed by atoms with Crippen molar-refractivity contribution in [2.75, 3.05) is 20.1 Å². The number of hydrogen-bond acceptors (Lipinski definition) is 2. The van der Waals surface area contributed by atoms with E-state index in [4.69, 9.17) is 24.6 Å². The molecule has 0 bridgehead atoms. The van der Waals surface area contributed by atoms with Gasteiger partial charge in [-0.15, -0.1) is 0 Å². The molecule has 1 aliphatic heterocycles. The minimum atomic E-state index is -0.472. The summed E-state index contributed by atoms with van der Waals surface area (Å²) in [6.07, 6.45) is 2.63. The van der Waals surface area contributed by atoms with Gasteiger partial charge in [0.1, 0.15) is 0 Å². The number of nitrogens with zero attached hydrogens (tertiary/aromatic N) is 1. The molecule has 0 aliphatic carbocycles. The fourth-order valence-corrected chi connectivity index (χ4v) is 1.28. The molecular weight excluding hydrogens is 398 g/mol. The number of nitrogens with two attached hydrogens (primary N) is 1. The van der Waals surface area contributed by atoms with Gasteiger partial charge in [0.15, 0.2) is 0 Å². The summed E-state index contributed by atoms with van der Waals surface area (Å²) in [7, 11) is 11.9. The molecule has 1 atom stereocenters. The molecular formula is C6H18Cl2N2O2Pt. The molecule has 1 saturated heterocycles. The zero-order chi connectivity index (χ0) is 8.69. The van der Waals surface area contributed by atoms with Crippen LogP contribution in [0.5, 0.6) is 0 Å². The Bertz CT molecular complexity index is 103. The molecule has 0 aromatic rings. The first kappa shape index (κ1) is 19.6. The van der Waals surface area contributed by atoms with E-state index in [1.54, 1.807) is 0 Å². The molecule has 4 nitrogen and oxygen atoms in total. The van der Waals surface area contributed by atoms with E-state index in [2.05, 4.69) is 11.9 Å². The molecule has 88 valence electrons. The number of likely N-dealkylation sites (N-methyl/N-ethyl adjacent to an activating group) is 1. The quantitative estimate of drug-likeness (QED) is 0.640. The fourth-order valence-electron chi connectivity index (χ4n) is 1.28. The maximum atomic E-state index is 5.48. The van der Waals surface area contributed by atoms with Crippen LogP contribution in [0, 0.1) is 0 Å². The normalized spacial score (nSPS) is 21.1. The predicted octanol–water partition coefficient (Wildman–Crippen LogP) is -0.234. The Hall–Kier alpha value is 1.11. The van der Waals surface area contributed by atoms with Crippen LogP contribution in [0.2, 0.25) is 0 Å². The maximum absolute atomic E-state index is 5.48. The Morgan fingerprint density at radius 2 is 1.92 bits per heavy atom. The number of rotatable bonds is 1. The van der Waals surface area contributed by atoms with Crippen LogP contribution in [-0.4, -0.2) is 42.0 Å². The topological polar surface area (TPSA) is 92.3 Å². The SMILES string of the molecule is CN1CCCC1CN.O.O.[Cl][Pt][Cl]. The molecule has 0 aromatic heterocycles. The van der Waals surface area contributed by atoms with Crippen LogP contribution >= 0.6 is 18.8 Å². The van der Waals surface area contributed by atoms with Crippen LogP contribution in [-0.2, 0) is 16.5 Å². The Morgan fingerprint density at radius 3 is 2.08 bits per heavy atom. The van der Waals surface area contributed by atoms with Gasteiger partial charge in [-0.1, -0.05) is 0 Å². The fraction of sp³-hybridized carbons (Fsp3) is 1.00. The molecule has 0 spiro atoms. The molecule has 6 N–H and O–H groups in total. The Labute approximate surface area is 95.8 Å². The third kappa shape index (κ3) is 9.41. The second kappa shape index (κ2) is 13.1. The first-order valence-corrected chi connectivity index (χ1v) is 9.12. The van der Waals surface area contributed by atoms with Crippen molar-refractivity contribution in [1.29, 1.82) is 0 Å². The van der Waals surface area contributed by atoms with Gasteiger partial charge >= 0.3 is 35.3 Å². The molecule has 7 heteroatoms. The van der Waals surface area contributed by atoms with E-state index in [1.807, 2.05) is 0 Å². The van der Waals surface area contributed by atoms with Crippen LogP contribution in [0.15, 0.2) is 0 Å². The van der Waals surface area contributed by atoms with Gasteiger partial charge in [-0.25, -0.2) is 0 Å². The van der Waals surface area contributed by atoms with E-state index < -0.39 is 16.5 Å². The van der Waals surface area contributed by atoms with E-state index in [1.165, 1.54) is 19.4 Å². The Morgan fingerprint density at radius 1 is 1.46 bits per heavy atom. The zero-order valence-corrected chi connectivity index (χ0v) is 11.3. The van der Waals surface area contributed by atoms with Gasteiger partial charge in [0.25, 0.3) is 0 Å². The summed E-state index contributed by atoms with van der Waals surface area (Å²) >= 11 is -0.472. The van der Waals surface area contributed by atoms with Gasteiger partial charge in [-0.2, -0.15) is 0 Å². The molecule has 0 radical (unpaired) electrons. The van der Waals surface area contributed by atoms with E-state index in [9.17, 15) is 0 Å². The van der Waals surface area contributed by atoms with E-state index in [-0.39, 0.29) is 11.0 Å². The predicted molar refractivity (Wildman–Crippen MR) is 53.6 cm³/mol. The van der Waals surface area contributed by atoms with E-state index in [0.717, 1.165) is 6.54 Å². The Kier molecular flexibility index (Phi) is 19.8. The first-order chi connectivity index (χ1) is 5.26. The van der Waals surface area contributed by atoms with Gasteiger partial charge in [0.2, 0.25) is 0 Å². The standard InChI is InChI=1S/C6H14N2.2ClH.2H2O.Pt/c1-8-4-2-3-6(8)5-7;;;;;/h6H,2-5,7H2,1H3;2*1H;2*1H2;/q;;;;;+2/p-2. The molecule has 0 saturated carbocycles. The average Bonchev–Trinajstić information content (AvgIpc) is 2.36. The first-order valence-electron chi connectivity index (χ1n) is 3.49. The number of hydrogen-bond donors (Lipinski definition) is 1. The second-order valence-corrected chi connectivity index (χ2v) is 5.84. The molecule has 0 aromatic carbocycles. The second-order valence-electron chi connectivity index (χ2n) is 2.56. The summed E-state index contributed by atoms with van der Waals surface area (Å²) in [5.41, 5.74) is 5.48. The minimum absolute atomic E-state index is 0. The van der Waals surface area contributed by atoms with Gasteiger partial charge in [-0.05, 0) is 26.4 Å². The zero-order valence-electron chi connectivity index (χ0n) is 7.50. The third-order valence-corrected chi connectivity index (χ3v) is 1.94. The van der Waals surface area contributed by atoms with Crippen molar-refractivity contribution in [2.45, 2.75) is 18.9 Å². The summed E-state index contributed by atoms with van der Waals surface area (Å²) in [5.74, 6) is 0. The third-order valence-electron chi connectivity index (χ3n) is 1.94. The number of halogens is 2. The molecule has 1 fully saturated rings. The molecule has 1 unspecified atom stereocenters. The van der Waals surface area contributed by atoms with Crippen LogP contribution in [0.3, 0.4) is 0 Å². The summed E-state index contributed by atoms with van der Waals surface area (Å²) in [5, 5.41) is 0. The van der Waals surface area contributed by atoms with E-state index >= 15 is 0 Å². The summed E-state index contributed by atoms with van der Waals surface area (Å²) < 4.78 is 0. The van der Waals surface area contributed by atoms with Gasteiger partial charge < -0.3 is 21.6 Å². The van der Waals surface area contributed by atoms with Gasteiger partial charge in [-0.3, -0.25) is 0 Å². The van der Waals surface area contributed by atoms with Crippen molar-refractivity contribution < 1.29 is 27.4 Å². The molecule has 13 heavy (non-hydrogen) atoms. The average molecular weight is 416 g/mol.